The number of methoxy groups -OCH3 is 1. The predicted molar refractivity (Wildman–Crippen MR) is 81.7 cm³/mol. The van der Waals surface area contributed by atoms with Gasteiger partial charge >= 0.3 is 5.97 Å². The van der Waals surface area contributed by atoms with Gasteiger partial charge in [0.05, 0.1) is 13.5 Å². The van der Waals surface area contributed by atoms with Crippen LogP contribution in [0.1, 0.15) is 63.6 Å². The van der Waals surface area contributed by atoms with E-state index in [0.29, 0.717) is 5.92 Å². The Labute approximate surface area is 122 Å². The molecule has 3 heteroatoms. The largest absolute Gasteiger partial charge is 0.496 e. The average molecular weight is 278 g/mol. The van der Waals surface area contributed by atoms with E-state index in [9.17, 15) is 4.79 Å². The first kappa shape index (κ1) is 16.5. The van der Waals surface area contributed by atoms with Crippen LogP contribution in [-0.2, 0) is 16.6 Å². The number of benzene rings is 1. The maximum atomic E-state index is 11.1. The van der Waals surface area contributed by atoms with Crippen molar-refractivity contribution in [1.29, 1.82) is 0 Å². The van der Waals surface area contributed by atoms with E-state index in [2.05, 4.69) is 32.9 Å². The van der Waals surface area contributed by atoms with E-state index in [-0.39, 0.29) is 11.8 Å². The molecule has 0 aromatic heterocycles. The number of carboxylic acid groups (broad SMARTS) is 1. The lowest BCUT2D eigenvalue weighted by Crippen LogP contribution is -2.22. The van der Waals surface area contributed by atoms with Crippen molar-refractivity contribution in [2.45, 2.75) is 58.8 Å². The fourth-order valence-corrected chi connectivity index (χ4v) is 2.52. The Bertz CT molecular complexity index is 487. The molecule has 0 atom stereocenters. The molecule has 112 valence electrons. The number of ether oxygens (including phenoxy) is 1. The van der Waals surface area contributed by atoms with Gasteiger partial charge in [0, 0.05) is 5.41 Å². The van der Waals surface area contributed by atoms with Gasteiger partial charge in [-0.1, -0.05) is 46.8 Å². The number of aryl methyl sites for hydroxylation is 1. The molecule has 0 spiro atoms. The van der Waals surface area contributed by atoms with Gasteiger partial charge < -0.3 is 9.84 Å². The van der Waals surface area contributed by atoms with Gasteiger partial charge in [-0.15, -0.1) is 0 Å². The van der Waals surface area contributed by atoms with E-state index in [0.717, 1.165) is 28.9 Å². The van der Waals surface area contributed by atoms with Crippen molar-refractivity contribution in [3.63, 3.8) is 0 Å². The van der Waals surface area contributed by atoms with Crippen LogP contribution >= 0.6 is 0 Å². The van der Waals surface area contributed by atoms with Gasteiger partial charge in [0.15, 0.2) is 0 Å². The molecule has 1 rings (SSSR count). The molecule has 1 N–H and O–H groups in total. The number of hydrogen-bond donors (Lipinski definition) is 1. The summed E-state index contributed by atoms with van der Waals surface area (Å²) in [4.78, 5) is 11.1. The first-order valence-corrected chi connectivity index (χ1v) is 7.16. The molecule has 0 aliphatic carbocycles. The summed E-state index contributed by atoms with van der Waals surface area (Å²) >= 11 is 0. The molecule has 0 bridgehead atoms. The Kier molecular flexibility index (Phi) is 5.21. The lowest BCUT2D eigenvalue weighted by atomic mass is 9.79. The molecule has 0 aliphatic heterocycles. The maximum Gasteiger partial charge on any atom is 0.304 e. The summed E-state index contributed by atoms with van der Waals surface area (Å²) in [5.41, 5.74) is 2.99. The molecule has 0 saturated carbocycles. The third-order valence-corrected chi connectivity index (χ3v) is 3.78. The number of aliphatic carboxylic acids is 1. The molecule has 20 heavy (non-hydrogen) atoms. The number of rotatable bonds is 6. The van der Waals surface area contributed by atoms with Crippen LogP contribution in [0.4, 0.5) is 0 Å². The molecule has 0 aliphatic rings. The molecule has 0 fully saturated rings. The smallest absolute Gasteiger partial charge is 0.304 e. The van der Waals surface area contributed by atoms with Gasteiger partial charge in [0.25, 0.3) is 0 Å². The van der Waals surface area contributed by atoms with Crippen LogP contribution in [0.15, 0.2) is 12.1 Å². The van der Waals surface area contributed by atoms with Crippen LogP contribution in [0.2, 0.25) is 0 Å². The lowest BCUT2D eigenvalue weighted by molar-refractivity contribution is -0.138. The van der Waals surface area contributed by atoms with E-state index >= 15 is 0 Å². The molecule has 0 radical (unpaired) electrons. The minimum atomic E-state index is -0.769. The molecule has 1 aromatic carbocycles. The Morgan fingerprint density at radius 1 is 1.35 bits per heavy atom. The Morgan fingerprint density at radius 3 is 2.35 bits per heavy atom. The molecule has 0 amide bonds. The average Bonchev–Trinajstić information content (AvgIpc) is 2.35. The van der Waals surface area contributed by atoms with Crippen molar-refractivity contribution in [2.24, 2.45) is 0 Å². The summed E-state index contributed by atoms with van der Waals surface area (Å²) in [5.74, 6) is 0.517. The van der Waals surface area contributed by atoms with E-state index in [4.69, 9.17) is 9.84 Å². The summed E-state index contributed by atoms with van der Waals surface area (Å²) in [5, 5.41) is 9.09. The maximum absolute atomic E-state index is 11.1. The van der Waals surface area contributed by atoms with Crippen LogP contribution in [-0.4, -0.2) is 18.2 Å². The summed E-state index contributed by atoms with van der Waals surface area (Å²) < 4.78 is 5.56. The number of carboxylic acids is 1. The van der Waals surface area contributed by atoms with Crippen molar-refractivity contribution < 1.29 is 14.6 Å². The normalized spacial score (nSPS) is 11.8. The summed E-state index contributed by atoms with van der Waals surface area (Å²) in [6.45, 7) is 10.3. The molecule has 0 heterocycles. The zero-order valence-electron chi connectivity index (χ0n) is 13.4. The second kappa shape index (κ2) is 6.29. The molecular formula is C17H26O3. The second-order valence-electron chi connectivity index (χ2n) is 6.22. The Morgan fingerprint density at radius 2 is 1.95 bits per heavy atom. The second-order valence-corrected chi connectivity index (χ2v) is 6.22. The van der Waals surface area contributed by atoms with Gasteiger partial charge in [-0.25, -0.2) is 0 Å². The lowest BCUT2D eigenvalue weighted by Gasteiger charge is -2.27. The van der Waals surface area contributed by atoms with Crippen LogP contribution < -0.4 is 4.74 Å². The topological polar surface area (TPSA) is 46.5 Å². The zero-order chi connectivity index (χ0) is 15.5. The number of carbonyl (C=O) groups is 1. The quantitative estimate of drug-likeness (QED) is 0.851. The highest BCUT2D eigenvalue weighted by molar-refractivity contribution is 5.69. The summed E-state index contributed by atoms with van der Waals surface area (Å²) in [7, 11) is 1.70. The van der Waals surface area contributed by atoms with Gasteiger partial charge in [-0.2, -0.15) is 0 Å². The van der Waals surface area contributed by atoms with E-state index in [1.807, 2.05) is 13.8 Å². The number of hydrogen-bond acceptors (Lipinski definition) is 2. The first-order valence-electron chi connectivity index (χ1n) is 7.16. The Balaban J connectivity index is 3.42. The van der Waals surface area contributed by atoms with E-state index in [1.165, 1.54) is 0 Å². The third-order valence-electron chi connectivity index (χ3n) is 3.78. The molecule has 0 unspecified atom stereocenters. The van der Waals surface area contributed by atoms with Gasteiger partial charge in [0.1, 0.15) is 5.75 Å². The highest BCUT2D eigenvalue weighted by atomic mass is 16.5. The van der Waals surface area contributed by atoms with Crippen molar-refractivity contribution >= 4 is 5.97 Å². The summed E-state index contributed by atoms with van der Waals surface area (Å²) in [6.07, 6.45) is 1.000. The van der Waals surface area contributed by atoms with Crippen molar-refractivity contribution in [3.05, 3.63) is 28.8 Å². The zero-order valence-corrected chi connectivity index (χ0v) is 13.4. The molecular weight excluding hydrogens is 252 g/mol. The van der Waals surface area contributed by atoms with E-state index in [1.54, 1.807) is 7.11 Å². The van der Waals surface area contributed by atoms with E-state index < -0.39 is 5.97 Å². The first-order chi connectivity index (χ1) is 9.22. The van der Waals surface area contributed by atoms with Gasteiger partial charge in [-0.3, -0.25) is 4.79 Å². The fourth-order valence-electron chi connectivity index (χ4n) is 2.52. The van der Waals surface area contributed by atoms with Crippen LogP contribution in [0.3, 0.4) is 0 Å². The highest BCUT2D eigenvalue weighted by Crippen LogP contribution is 2.37. The van der Waals surface area contributed by atoms with Crippen LogP contribution in [0.5, 0.6) is 5.75 Å². The van der Waals surface area contributed by atoms with Crippen molar-refractivity contribution in [3.8, 4) is 5.75 Å². The van der Waals surface area contributed by atoms with Crippen molar-refractivity contribution in [1.82, 2.24) is 0 Å². The van der Waals surface area contributed by atoms with Crippen LogP contribution in [0, 0.1) is 0 Å². The predicted octanol–water partition coefficient (Wildman–Crippen LogP) is 4.13. The summed E-state index contributed by atoms with van der Waals surface area (Å²) in [6, 6.07) is 4.19. The van der Waals surface area contributed by atoms with Gasteiger partial charge in [-0.05, 0) is 29.0 Å². The van der Waals surface area contributed by atoms with Crippen molar-refractivity contribution in [2.75, 3.05) is 7.11 Å². The molecule has 3 nitrogen and oxygen atoms in total. The monoisotopic (exact) mass is 278 g/mol. The minimum Gasteiger partial charge on any atom is -0.496 e. The SMILES string of the molecule is CCc1cc(C(C)(C)CC(=O)O)cc(C(C)C)c1OC. The fraction of sp³-hybridized carbons (Fsp3) is 0.588. The van der Waals surface area contributed by atoms with Gasteiger partial charge in [0.2, 0.25) is 0 Å². The molecule has 0 saturated heterocycles. The highest BCUT2D eigenvalue weighted by Gasteiger charge is 2.26. The Hall–Kier alpha value is -1.51. The standard InChI is InChI=1S/C17H26O3/c1-7-12-8-13(17(4,5)10-15(18)19)9-14(11(2)3)16(12)20-6/h8-9,11H,7,10H2,1-6H3,(H,18,19). The third kappa shape index (κ3) is 3.53. The minimum absolute atomic E-state index is 0.125. The molecule has 1 aromatic rings. The van der Waals surface area contributed by atoms with Crippen LogP contribution in [0.25, 0.3) is 0 Å².